The number of imidazole rings is 1. The van der Waals surface area contributed by atoms with Crippen molar-refractivity contribution in [1.82, 2.24) is 14.5 Å². The molecule has 5 nitrogen and oxygen atoms in total. The Labute approximate surface area is 136 Å². The summed E-state index contributed by atoms with van der Waals surface area (Å²) in [7, 11) is 0. The molecular weight excluding hydrogens is 323 g/mol. The Morgan fingerprint density at radius 2 is 2.04 bits per heavy atom. The van der Waals surface area contributed by atoms with Crippen molar-refractivity contribution in [1.29, 1.82) is 0 Å². The van der Waals surface area contributed by atoms with Crippen LogP contribution in [0.25, 0.3) is 5.69 Å². The zero-order valence-electron chi connectivity index (χ0n) is 13.0. The lowest BCUT2D eigenvalue weighted by Gasteiger charge is -2.28. The number of aromatic carboxylic acids is 1. The normalized spacial score (nSPS) is 17.8. The molecule has 0 aliphatic heterocycles. The summed E-state index contributed by atoms with van der Waals surface area (Å²) in [6.45, 7) is 1.60. The zero-order chi connectivity index (χ0) is 17.5. The summed E-state index contributed by atoms with van der Waals surface area (Å²) >= 11 is 0. The van der Waals surface area contributed by atoms with Gasteiger partial charge in [0.1, 0.15) is 11.6 Å². The minimum atomic E-state index is -2.67. The molecule has 1 saturated carbocycles. The van der Waals surface area contributed by atoms with Gasteiger partial charge in [-0.05, 0) is 19.8 Å². The summed E-state index contributed by atoms with van der Waals surface area (Å²) in [6.07, 6.45) is 2.57. The lowest BCUT2D eigenvalue weighted by atomic mass is 9.84. The van der Waals surface area contributed by atoms with E-state index in [4.69, 9.17) is 5.11 Å². The predicted octanol–water partition coefficient (Wildman–Crippen LogP) is 3.71. The first-order valence-electron chi connectivity index (χ1n) is 7.60. The summed E-state index contributed by atoms with van der Waals surface area (Å²) < 4.78 is 42.3. The Bertz CT molecular complexity index is 779. The number of nitrogens with zero attached hydrogens (tertiary/aromatic N) is 3. The van der Waals surface area contributed by atoms with E-state index in [0.29, 0.717) is 11.5 Å². The van der Waals surface area contributed by atoms with Gasteiger partial charge in [0.05, 0.1) is 17.6 Å². The third-order valence-electron chi connectivity index (χ3n) is 4.34. The molecule has 0 radical (unpaired) electrons. The average molecular weight is 339 g/mol. The van der Waals surface area contributed by atoms with E-state index in [1.807, 2.05) is 0 Å². The molecule has 0 atom stereocenters. The van der Waals surface area contributed by atoms with Crippen LogP contribution in [0.5, 0.6) is 0 Å². The molecule has 0 amide bonds. The Morgan fingerprint density at radius 1 is 1.38 bits per heavy atom. The van der Waals surface area contributed by atoms with E-state index in [1.165, 1.54) is 23.0 Å². The molecule has 2 aromatic heterocycles. The van der Waals surface area contributed by atoms with Gasteiger partial charge in [0, 0.05) is 31.0 Å². The van der Waals surface area contributed by atoms with Crippen molar-refractivity contribution in [2.24, 2.45) is 0 Å². The maximum Gasteiger partial charge on any atom is 0.356 e. The van der Waals surface area contributed by atoms with Gasteiger partial charge < -0.3 is 9.67 Å². The molecule has 0 unspecified atom stereocenters. The highest BCUT2D eigenvalue weighted by Gasteiger charge is 2.36. The highest BCUT2D eigenvalue weighted by atomic mass is 19.3. The molecule has 0 aromatic carbocycles. The van der Waals surface area contributed by atoms with Crippen LogP contribution in [0.4, 0.5) is 13.2 Å². The third kappa shape index (κ3) is 3.13. The van der Waals surface area contributed by atoms with E-state index in [2.05, 4.69) is 9.97 Å². The van der Waals surface area contributed by atoms with Gasteiger partial charge in [0.2, 0.25) is 5.92 Å². The lowest BCUT2D eigenvalue weighted by Crippen LogP contribution is -2.24. The molecule has 3 rings (SSSR count). The first-order valence-corrected chi connectivity index (χ1v) is 7.60. The maximum atomic E-state index is 14.4. The molecular formula is C16H16F3N3O2. The van der Waals surface area contributed by atoms with E-state index in [9.17, 15) is 18.0 Å². The van der Waals surface area contributed by atoms with Crippen molar-refractivity contribution >= 4 is 5.97 Å². The summed E-state index contributed by atoms with van der Waals surface area (Å²) in [5.74, 6) is -4.36. The number of carboxylic acid groups (broad SMARTS) is 1. The highest BCUT2D eigenvalue weighted by Crippen LogP contribution is 2.41. The summed E-state index contributed by atoms with van der Waals surface area (Å²) in [5, 5.41) is 8.95. The first-order chi connectivity index (χ1) is 11.3. The van der Waals surface area contributed by atoms with Crippen LogP contribution in [-0.4, -0.2) is 31.5 Å². The summed E-state index contributed by atoms with van der Waals surface area (Å²) in [6, 6.07) is 1.23. The molecule has 2 heterocycles. The molecule has 128 valence electrons. The number of aromatic nitrogens is 3. The molecule has 1 N–H and O–H groups in total. The fourth-order valence-electron chi connectivity index (χ4n) is 3.02. The van der Waals surface area contributed by atoms with Gasteiger partial charge in [-0.25, -0.2) is 22.9 Å². The Morgan fingerprint density at radius 3 is 2.58 bits per heavy atom. The number of aryl methyl sites for hydroxylation is 1. The monoisotopic (exact) mass is 339 g/mol. The van der Waals surface area contributed by atoms with Crippen molar-refractivity contribution in [2.75, 3.05) is 0 Å². The van der Waals surface area contributed by atoms with Crippen LogP contribution < -0.4 is 0 Å². The van der Waals surface area contributed by atoms with Gasteiger partial charge in [-0.15, -0.1) is 0 Å². The maximum absolute atomic E-state index is 14.4. The van der Waals surface area contributed by atoms with Crippen molar-refractivity contribution in [2.45, 2.75) is 44.4 Å². The van der Waals surface area contributed by atoms with Gasteiger partial charge in [-0.2, -0.15) is 0 Å². The topological polar surface area (TPSA) is 68.0 Å². The van der Waals surface area contributed by atoms with Gasteiger partial charge in [-0.3, -0.25) is 4.98 Å². The second-order valence-corrected chi connectivity index (χ2v) is 6.04. The Hall–Kier alpha value is -2.38. The molecule has 1 aliphatic rings. The third-order valence-corrected chi connectivity index (χ3v) is 4.34. The van der Waals surface area contributed by atoms with E-state index in [0.717, 1.165) is 0 Å². The van der Waals surface area contributed by atoms with Crippen LogP contribution in [0.3, 0.4) is 0 Å². The number of hydrogen-bond acceptors (Lipinski definition) is 3. The molecule has 0 spiro atoms. The minimum Gasteiger partial charge on any atom is -0.476 e. The molecule has 0 bridgehead atoms. The second-order valence-electron chi connectivity index (χ2n) is 6.04. The van der Waals surface area contributed by atoms with E-state index in [-0.39, 0.29) is 43.0 Å². The number of alkyl halides is 2. The van der Waals surface area contributed by atoms with Crippen LogP contribution in [0.2, 0.25) is 0 Å². The SMILES string of the molecule is Cc1nc(C(=O)O)cn1-c1cnc(C2CCC(F)(F)CC2)c(F)c1. The number of rotatable bonds is 3. The zero-order valence-corrected chi connectivity index (χ0v) is 13.0. The number of halogens is 3. The summed E-state index contributed by atoms with van der Waals surface area (Å²) in [4.78, 5) is 18.9. The van der Waals surface area contributed by atoms with Crippen LogP contribution in [0, 0.1) is 12.7 Å². The molecule has 2 aromatic rings. The van der Waals surface area contributed by atoms with Gasteiger partial charge in [0.15, 0.2) is 5.69 Å². The second kappa shape index (κ2) is 5.92. The average Bonchev–Trinajstić information content (AvgIpc) is 2.90. The number of pyridine rings is 1. The van der Waals surface area contributed by atoms with Crippen molar-refractivity contribution in [3.05, 3.63) is 41.5 Å². The van der Waals surface area contributed by atoms with Crippen LogP contribution in [0.15, 0.2) is 18.5 Å². The standard InChI is InChI=1S/C16H16F3N3O2/c1-9-21-13(15(23)24)8-22(9)11-6-12(17)14(20-7-11)10-2-4-16(18,19)5-3-10/h6-8,10H,2-5H2,1H3,(H,23,24). The van der Waals surface area contributed by atoms with Crippen molar-refractivity contribution < 1.29 is 23.1 Å². The van der Waals surface area contributed by atoms with Crippen molar-refractivity contribution in [3.8, 4) is 5.69 Å². The van der Waals surface area contributed by atoms with Crippen LogP contribution >= 0.6 is 0 Å². The summed E-state index contributed by atoms with van der Waals surface area (Å²) in [5.41, 5.74) is 0.381. The Balaban J connectivity index is 1.87. The van der Waals surface area contributed by atoms with Gasteiger partial charge in [-0.1, -0.05) is 0 Å². The van der Waals surface area contributed by atoms with Crippen LogP contribution in [0.1, 0.15) is 53.6 Å². The smallest absolute Gasteiger partial charge is 0.356 e. The molecule has 0 saturated heterocycles. The lowest BCUT2D eigenvalue weighted by molar-refractivity contribution is -0.0387. The number of carboxylic acids is 1. The Kier molecular flexibility index (Phi) is 4.06. The largest absolute Gasteiger partial charge is 0.476 e. The van der Waals surface area contributed by atoms with E-state index >= 15 is 0 Å². The predicted molar refractivity (Wildman–Crippen MR) is 79.2 cm³/mol. The number of carbonyl (C=O) groups is 1. The molecule has 24 heavy (non-hydrogen) atoms. The molecule has 8 heteroatoms. The van der Waals surface area contributed by atoms with Gasteiger partial charge in [0.25, 0.3) is 0 Å². The van der Waals surface area contributed by atoms with Crippen molar-refractivity contribution in [3.63, 3.8) is 0 Å². The van der Waals surface area contributed by atoms with E-state index in [1.54, 1.807) is 6.92 Å². The first kappa shape index (κ1) is 16.5. The molecule has 1 aliphatic carbocycles. The fraction of sp³-hybridized carbons (Fsp3) is 0.438. The highest BCUT2D eigenvalue weighted by molar-refractivity contribution is 5.85. The quantitative estimate of drug-likeness (QED) is 0.926. The number of hydrogen-bond donors (Lipinski definition) is 1. The van der Waals surface area contributed by atoms with Crippen LogP contribution in [-0.2, 0) is 0 Å². The van der Waals surface area contributed by atoms with Gasteiger partial charge >= 0.3 is 5.97 Å². The van der Waals surface area contributed by atoms with E-state index < -0.39 is 17.7 Å². The fourth-order valence-corrected chi connectivity index (χ4v) is 3.02. The minimum absolute atomic E-state index is 0.147. The molecule has 1 fully saturated rings.